The molecular weight excluding hydrogens is 206 g/mol. The van der Waals surface area contributed by atoms with E-state index >= 15 is 0 Å². The van der Waals surface area contributed by atoms with Crippen LogP contribution in [0.2, 0.25) is 0 Å². The second-order valence-electron chi connectivity index (χ2n) is 2.04. The molecule has 0 aliphatic heterocycles. The molecule has 1 N–H and O–H groups in total. The smallest absolute Gasteiger partial charge is 0.101 e. The highest BCUT2D eigenvalue weighted by atomic mass is 79.9. The van der Waals surface area contributed by atoms with E-state index in [9.17, 15) is 0 Å². The Morgan fingerprint density at radius 1 is 1.55 bits per heavy atom. The zero-order valence-electron chi connectivity index (χ0n) is 5.71. The van der Waals surface area contributed by atoms with Crippen molar-refractivity contribution in [1.82, 2.24) is 0 Å². The Bertz CT molecular complexity index is 303. The Labute approximate surface area is 73.2 Å². The monoisotopic (exact) mass is 211 g/mol. The van der Waals surface area contributed by atoms with E-state index in [2.05, 4.69) is 15.9 Å². The standard InChI is InChI=1S/C8H6BrNO/c9-8-3-1-2-6(5-11)7(8)4-10/h1-3,11H,5H2. The molecule has 1 aromatic rings. The summed E-state index contributed by atoms with van der Waals surface area (Å²) in [5, 5.41) is 17.4. The summed E-state index contributed by atoms with van der Waals surface area (Å²) in [7, 11) is 0. The summed E-state index contributed by atoms with van der Waals surface area (Å²) in [6, 6.07) is 7.30. The van der Waals surface area contributed by atoms with Crippen LogP contribution in [0.3, 0.4) is 0 Å². The lowest BCUT2D eigenvalue weighted by Crippen LogP contribution is -1.89. The van der Waals surface area contributed by atoms with E-state index < -0.39 is 0 Å². The summed E-state index contributed by atoms with van der Waals surface area (Å²) in [5.74, 6) is 0. The number of aliphatic hydroxyl groups excluding tert-OH is 1. The number of halogens is 1. The van der Waals surface area contributed by atoms with Gasteiger partial charge in [0, 0.05) is 4.47 Å². The van der Waals surface area contributed by atoms with Crippen LogP contribution >= 0.6 is 15.9 Å². The van der Waals surface area contributed by atoms with Gasteiger partial charge in [-0.3, -0.25) is 0 Å². The number of rotatable bonds is 1. The third kappa shape index (κ3) is 1.59. The first kappa shape index (κ1) is 8.25. The first-order valence-electron chi connectivity index (χ1n) is 3.08. The van der Waals surface area contributed by atoms with Crippen LogP contribution < -0.4 is 0 Å². The maximum atomic E-state index is 8.80. The molecule has 0 aliphatic carbocycles. The topological polar surface area (TPSA) is 44.0 Å². The van der Waals surface area contributed by atoms with Crippen LogP contribution in [0.1, 0.15) is 11.1 Å². The lowest BCUT2D eigenvalue weighted by Gasteiger charge is -1.99. The van der Waals surface area contributed by atoms with Gasteiger partial charge in [-0.2, -0.15) is 5.26 Å². The van der Waals surface area contributed by atoms with E-state index in [1.54, 1.807) is 18.2 Å². The number of benzene rings is 1. The van der Waals surface area contributed by atoms with Crippen LogP contribution in [0, 0.1) is 11.3 Å². The van der Waals surface area contributed by atoms with Gasteiger partial charge in [0.1, 0.15) is 6.07 Å². The van der Waals surface area contributed by atoms with Crippen molar-refractivity contribution in [3.63, 3.8) is 0 Å². The largest absolute Gasteiger partial charge is 0.392 e. The van der Waals surface area contributed by atoms with Gasteiger partial charge in [0.2, 0.25) is 0 Å². The highest BCUT2D eigenvalue weighted by Gasteiger charge is 2.02. The van der Waals surface area contributed by atoms with Crippen LogP contribution in [-0.4, -0.2) is 5.11 Å². The maximum absolute atomic E-state index is 8.80. The Balaban J connectivity index is 3.27. The molecule has 11 heavy (non-hydrogen) atoms. The molecule has 0 unspecified atom stereocenters. The van der Waals surface area contributed by atoms with Crippen molar-refractivity contribution in [2.45, 2.75) is 6.61 Å². The Morgan fingerprint density at radius 2 is 2.27 bits per heavy atom. The van der Waals surface area contributed by atoms with Crippen molar-refractivity contribution in [2.24, 2.45) is 0 Å². The van der Waals surface area contributed by atoms with Gasteiger partial charge in [0.25, 0.3) is 0 Å². The molecule has 0 fully saturated rings. The Kier molecular flexibility index (Phi) is 2.64. The van der Waals surface area contributed by atoms with E-state index in [0.717, 1.165) is 4.47 Å². The van der Waals surface area contributed by atoms with E-state index in [4.69, 9.17) is 10.4 Å². The number of nitrogens with zero attached hydrogens (tertiary/aromatic N) is 1. The molecule has 1 aromatic carbocycles. The van der Waals surface area contributed by atoms with Crippen molar-refractivity contribution < 1.29 is 5.11 Å². The number of hydrogen-bond donors (Lipinski definition) is 1. The second kappa shape index (κ2) is 3.51. The van der Waals surface area contributed by atoms with Crippen molar-refractivity contribution >= 4 is 15.9 Å². The molecule has 0 aliphatic rings. The molecule has 0 saturated heterocycles. The molecule has 56 valence electrons. The van der Waals surface area contributed by atoms with Crippen LogP contribution in [0.4, 0.5) is 0 Å². The minimum absolute atomic E-state index is 0.0949. The molecule has 0 atom stereocenters. The fourth-order valence-corrected chi connectivity index (χ4v) is 1.32. The van der Waals surface area contributed by atoms with Gasteiger partial charge in [-0.15, -0.1) is 0 Å². The highest BCUT2D eigenvalue weighted by Crippen LogP contribution is 2.19. The predicted octanol–water partition coefficient (Wildman–Crippen LogP) is 1.81. The van der Waals surface area contributed by atoms with Gasteiger partial charge < -0.3 is 5.11 Å². The van der Waals surface area contributed by atoms with E-state index in [-0.39, 0.29) is 6.61 Å². The molecule has 1 rings (SSSR count). The summed E-state index contributed by atoms with van der Waals surface area (Å²) in [5.41, 5.74) is 1.16. The Hall–Kier alpha value is -0.850. The average Bonchev–Trinajstić information content (AvgIpc) is 2.04. The summed E-state index contributed by atoms with van der Waals surface area (Å²) in [4.78, 5) is 0. The molecular formula is C8H6BrNO. The molecule has 0 heterocycles. The van der Waals surface area contributed by atoms with Gasteiger partial charge >= 0.3 is 0 Å². The first-order valence-corrected chi connectivity index (χ1v) is 3.87. The minimum atomic E-state index is -0.0949. The van der Waals surface area contributed by atoms with Gasteiger partial charge in [0.05, 0.1) is 12.2 Å². The summed E-state index contributed by atoms with van der Waals surface area (Å²) >= 11 is 3.21. The average molecular weight is 212 g/mol. The van der Waals surface area contributed by atoms with Gasteiger partial charge in [-0.25, -0.2) is 0 Å². The SMILES string of the molecule is N#Cc1c(Br)cccc1CO. The van der Waals surface area contributed by atoms with E-state index in [1.165, 1.54) is 0 Å². The third-order valence-electron chi connectivity index (χ3n) is 1.38. The summed E-state index contributed by atoms with van der Waals surface area (Å²) in [6.45, 7) is -0.0949. The molecule has 0 aromatic heterocycles. The Morgan fingerprint density at radius 3 is 2.73 bits per heavy atom. The molecule has 3 heteroatoms. The van der Waals surface area contributed by atoms with Crippen LogP contribution in [0.15, 0.2) is 22.7 Å². The minimum Gasteiger partial charge on any atom is -0.392 e. The van der Waals surface area contributed by atoms with Gasteiger partial charge in [-0.1, -0.05) is 12.1 Å². The maximum Gasteiger partial charge on any atom is 0.101 e. The molecule has 0 saturated carbocycles. The zero-order valence-corrected chi connectivity index (χ0v) is 7.30. The van der Waals surface area contributed by atoms with E-state index in [1.807, 2.05) is 6.07 Å². The number of hydrogen-bond acceptors (Lipinski definition) is 2. The van der Waals surface area contributed by atoms with Crippen molar-refractivity contribution in [3.05, 3.63) is 33.8 Å². The molecule has 0 amide bonds. The second-order valence-corrected chi connectivity index (χ2v) is 2.90. The van der Waals surface area contributed by atoms with Crippen molar-refractivity contribution in [3.8, 4) is 6.07 Å². The molecule has 0 radical (unpaired) electrons. The third-order valence-corrected chi connectivity index (χ3v) is 2.04. The molecule has 2 nitrogen and oxygen atoms in total. The number of aliphatic hydroxyl groups is 1. The number of nitriles is 1. The fraction of sp³-hybridized carbons (Fsp3) is 0.125. The van der Waals surface area contributed by atoms with Crippen molar-refractivity contribution in [2.75, 3.05) is 0 Å². The lowest BCUT2D eigenvalue weighted by atomic mass is 10.1. The quantitative estimate of drug-likeness (QED) is 0.771. The van der Waals surface area contributed by atoms with Gasteiger partial charge in [-0.05, 0) is 27.6 Å². The summed E-state index contributed by atoms with van der Waals surface area (Å²) in [6.07, 6.45) is 0. The normalized spacial score (nSPS) is 9.18. The van der Waals surface area contributed by atoms with E-state index in [0.29, 0.717) is 11.1 Å². The van der Waals surface area contributed by atoms with Crippen LogP contribution in [0.25, 0.3) is 0 Å². The van der Waals surface area contributed by atoms with Crippen LogP contribution in [0.5, 0.6) is 0 Å². The van der Waals surface area contributed by atoms with Crippen LogP contribution in [-0.2, 0) is 6.61 Å². The fourth-order valence-electron chi connectivity index (χ4n) is 0.826. The molecule has 0 spiro atoms. The predicted molar refractivity (Wildman–Crippen MR) is 44.8 cm³/mol. The van der Waals surface area contributed by atoms with Crippen molar-refractivity contribution in [1.29, 1.82) is 5.26 Å². The lowest BCUT2D eigenvalue weighted by molar-refractivity contribution is 0.281. The first-order chi connectivity index (χ1) is 5.29. The molecule has 0 bridgehead atoms. The highest BCUT2D eigenvalue weighted by molar-refractivity contribution is 9.10. The summed E-state index contributed by atoms with van der Waals surface area (Å²) < 4.78 is 0.728. The van der Waals surface area contributed by atoms with Gasteiger partial charge in [0.15, 0.2) is 0 Å². The zero-order chi connectivity index (χ0) is 8.27.